The summed E-state index contributed by atoms with van der Waals surface area (Å²) in [6.07, 6.45) is 0. The lowest BCUT2D eigenvalue weighted by Crippen LogP contribution is -2.20. The first-order valence-electron chi connectivity index (χ1n) is 9.47. The number of rotatable bonds is 0. The zero-order valence-corrected chi connectivity index (χ0v) is 16.6. The summed E-state index contributed by atoms with van der Waals surface area (Å²) in [5.74, 6) is -0.137. The number of carbonyl (C=O) groups is 2. The second kappa shape index (κ2) is 10.3. The predicted molar refractivity (Wildman–Crippen MR) is 111 cm³/mol. The number of hydrogen-bond acceptors (Lipinski definition) is 2. The van der Waals surface area contributed by atoms with Crippen LogP contribution in [0.15, 0.2) is 60.7 Å². The first-order valence-corrected chi connectivity index (χ1v) is 9.47. The van der Waals surface area contributed by atoms with Crippen LogP contribution in [0, 0.1) is 0 Å². The Bertz CT molecular complexity index is 818. The molecule has 136 valence electrons. The molecule has 0 radical (unpaired) electrons. The van der Waals surface area contributed by atoms with Gasteiger partial charge >= 0.3 is 0 Å². The monoisotopic (exact) mass is 348 g/mol. The standard InChI is InChI=1S/C18H10O2.3C2H6/c19-17-13-7-3-4-8-14(13)18(20)16-10-12-6-2-1-5-11(12)9-15(16)17;3*1-2/h1-10H;3*1-2H3. The highest BCUT2D eigenvalue weighted by Gasteiger charge is 2.29. The van der Waals surface area contributed by atoms with E-state index in [1.807, 2.05) is 77.9 Å². The smallest absolute Gasteiger partial charge is 0.194 e. The lowest BCUT2D eigenvalue weighted by molar-refractivity contribution is 0.0979. The van der Waals surface area contributed by atoms with E-state index in [9.17, 15) is 9.59 Å². The summed E-state index contributed by atoms with van der Waals surface area (Å²) < 4.78 is 0. The number of benzene rings is 3. The maximum atomic E-state index is 12.5. The summed E-state index contributed by atoms with van der Waals surface area (Å²) in [4.78, 5) is 25.1. The van der Waals surface area contributed by atoms with Gasteiger partial charge in [0.05, 0.1) is 0 Å². The topological polar surface area (TPSA) is 34.1 Å². The van der Waals surface area contributed by atoms with Crippen molar-refractivity contribution < 1.29 is 9.59 Å². The molecule has 0 aliphatic heterocycles. The largest absolute Gasteiger partial charge is 0.289 e. The Morgan fingerprint density at radius 2 is 0.769 bits per heavy atom. The van der Waals surface area contributed by atoms with Crippen molar-refractivity contribution in [2.45, 2.75) is 41.5 Å². The van der Waals surface area contributed by atoms with E-state index in [2.05, 4.69) is 0 Å². The number of fused-ring (bicyclic) bond motifs is 3. The zero-order valence-electron chi connectivity index (χ0n) is 16.6. The molecule has 0 saturated carbocycles. The van der Waals surface area contributed by atoms with Crippen LogP contribution in [0.2, 0.25) is 0 Å². The first-order chi connectivity index (χ1) is 12.8. The molecule has 3 aromatic carbocycles. The molecular formula is C24H28O2. The summed E-state index contributed by atoms with van der Waals surface area (Å²) in [5, 5.41) is 1.96. The normalized spacial score (nSPS) is 10.8. The third-order valence-electron chi connectivity index (χ3n) is 3.79. The van der Waals surface area contributed by atoms with Gasteiger partial charge in [-0.2, -0.15) is 0 Å². The van der Waals surface area contributed by atoms with Gasteiger partial charge in [0.15, 0.2) is 11.6 Å². The van der Waals surface area contributed by atoms with E-state index in [1.54, 1.807) is 24.3 Å². The Morgan fingerprint density at radius 3 is 1.12 bits per heavy atom. The third kappa shape index (κ3) is 3.91. The second-order valence-corrected chi connectivity index (χ2v) is 4.95. The van der Waals surface area contributed by atoms with Crippen molar-refractivity contribution >= 4 is 22.3 Å². The molecule has 0 heterocycles. The van der Waals surface area contributed by atoms with Gasteiger partial charge in [0, 0.05) is 22.3 Å². The minimum absolute atomic E-state index is 0.0686. The molecule has 3 aromatic rings. The average Bonchev–Trinajstić information content (AvgIpc) is 2.75. The van der Waals surface area contributed by atoms with Crippen molar-refractivity contribution in [3.8, 4) is 0 Å². The van der Waals surface area contributed by atoms with Crippen molar-refractivity contribution in [2.75, 3.05) is 0 Å². The molecule has 0 atom stereocenters. The van der Waals surface area contributed by atoms with Crippen molar-refractivity contribution in [2.24, 2.45) is 0 Å². The Balaban J connectivity index is 0.000000515. The Morgan fingerprint density at radius 1 is 0.462 bits per heavy atom. The van der Waals surface area contributed by atoms with E-state index in [0.29, 0.717) is 22.3 Å². The van der Waals surface area contributed by atoms with Gasteiger partial charge in [0.2, 0.25) is 0 Å². The van der Waals surface area contributed by atoms with E-state index in [0.717, 1.165) is 10.8 Å². The lowest BCUT2D eigenvalue weighted by Gasteiger charge is -2.17. The predicted octanol–water partition coefficient (Wildman–Crippen LogP) is 6.69. The summed E-state index contributed by atoms with van der Waals surface area (Å²) in [6.45, 7) is 12.0. The van der Waals surface area contributed by atoms with Crippen LogP contribution >= 0.6 is 0 Å². The Labute approximate surface area is 156 Å². The minimum atomic E-state index is -0.0686. The fourth-order valence-electron chi connectivity index (χ4n) is 2.79. The molecule has 0 unspecified atom stereocenters. The Hall–Kier alpha value is -2.74. The SMILES string of the molecule is CC.CC.CC.O=C1c2ccccc2C(=O)c2cc3ccccc3cc21. The number of carbonyl (C=O) groups excluding carboxylic acids is 2. The number of hydrogen-bond donors (Lipinski definition) is 0. The molecule has 1 aliphatic carbocycles. The van der Waals surface area contributed by atoms with E-state index in [-0.39, 0.29) is 11.6 Å². The highest BCUT2D eigenvalue weighted by molar-refractivity contribution is 6.29. The lowest BCUT2D eigenvalue weighted by atomic mass is 9.83. The van der Waals surface area contributed by atoms with Gasteiger partial charge in [-0.3, -0.25) is 9.59 Å². The van der Waals surface area contributed by atoms with Gasteiger partial charge < -0.3 is 0 Å². The van der Waals surface area contributed by atoms with Gasteiger partial charge in [0.25, 0.3) is 0 Å². The van der Waals surface area contributed by atoms with Crippen molar-refractivity contribution in [3.63, 3.8) is 0 Å². The quantitative estimate of drug-likeness (QED) is 0.354. The molecule has 0 bridgehead atoms. The van der Waals surface area contributed by atoms with Crippen molar-refractivity contribution in [1.82, 2.24) is 0 Å². The van der Waals surface area contributed by atoms with Crippen LogP contribution in [-0.4, -0.2) is 11.6 Å². The van der Waals surface area contributed by atoms with E-state index >= 15 is 0 Å². The molecule has 0 saturated heterocycles. The summed E-state index contributed by atoms with van der Waals surface area (Å²) in [5.41, 5.74) is 2.01. The van der Waals surface area contributed by atoms with Crippen LogP contribution in [0.1, 0.15) is 73.4 Å². The maximum Gasteiger partial charge on any atom is 0.194 e. The van der Waals surface area contributed by atoms with Crippen LogP contribution in [0.4, 0.5) is 0 Å². The van der Waals surface area contributed by atoms with Crippen LogP contribution in [0.5, 0.6) is 0 Å². The molecule has 4 rings (SSSR count). The molecule has 0 spiro atoms. The third-order valence-corrected chi connectivity index (χ3v) is 3.79. The van der Waals surface area contributed by atoms with Gasteiger partial charge in [-0.25, -0.2) is 0 Å². The molecule has 2 heteroatoms. The second-order valence-electron chi connectivity index (χ2n) is 4.95. The maximum absolute atomic E-state index is 12.5. The molecule has 0 amide bonds. The first kappa shape index (κ1) is 21.3. The Kier molecular flexibility index (Phi) is 8.44. The van der Waals surface area contributed by atoms with Gasteiger partial charge in [0.1, 0.15) is 0 Å². The van der Waals surface area contributed by atoms with E-state index < -0.39 is 0 Å². The molecule has 0 aromatic heterocycles. The van der Waals surface area contributed by atoms with Crippen molar-refractivity contribution in [3.05, 3.63) is 82.9 Å². The number of ketones is 2. The minimum Gasteiger partial charge on any atom is -0.289 e. The fraction of sp³-hybridized carbons (Fsp3) is 0.250. The van der Waals surface area contributed by atoms with Crippen LogP contribution in [0.3, 0.4) is 0 Å². The fourth-order valence-corrected chi connectivity index (χ4v) is 2.79. The molecule has 2 nitrogen and oxygen atoms in total. The summed E-state index contributed by atoms with van der Waals surface area (Å²) in [6, 6.07) is 18.4. The van der Waals surface area contributed by atoms with E-state index in [1.165, 1.54) is 0 Å². The molecule has 0 N–H and O–H groups in total. The molecule has 0 fully saturated rings. The van der Waals surface area contributed by atoms with Crippen LogP contribution in [0.25, 0.3) is 10.8 Å². The molecule has 26 heavy (non-hydrogen) atoms. The van der Waals surface area contributed by atoms with Gasteiger partial charge in [-0.1, -0.05) is 90.1 Å². The summed E-state index contributed by atoms with van der Waals surface area (Å²) in [7, 11) is 0. The molecule has 1 aliphatic rings. The van der Waals surface area contributed by atoms with Crippen LogP contribution < -0.4 is 0 Å². The van der Waals surface area contributed by atoms with Gasteiger partial charge in [-0.05, 0) is 22.9 Å². The highest BCUT2D eigenvalue weighted by atomic mass is 16.1. The van der Waals surface area contributed by atoms with Crippen LogP contribution in [-0.2, 0) is 0 Å². The van der Waals surface area contributed by atoms with Gasteiger partial charge in [-0.15, -0.1) is 0 Å². The van der Waals surface area contributed by atoms with Crippen molar-refractivity contribution in [1.29, 1.82) is 0 Å². The average molecular weight is 348 g/mol. The zero-order chi connectivity index (χ0) is 19.7. The highest BCUT2D eigenvalue weighted by Crippen LogP contribution is 2.30. The summed E-state index contributed by atoms with van der Waals surface area (Å²) >= 11 is 0. The molecular weight excluding hydrogens is 320 g/mol. The van der Waals surface area contributed by atoms with E-state index in [4.69, 9.17) is 0 Å².